The summed E-state index contributed by atoms with van der Waals surface area (Å²) in [4.78, 5) is 40.7. The Kier molecular flexibility index (Phi) is 6.84. The molecule has 0 unspecified atom stereocenters. The number of rotatable bonds is 6. The number of nitrogens with zero attached hydrogens (tertiary/aromatic N) is 3. The molecule has 1 fully saturated rings. The molecule has 1 atom stereocenters. The van der Waals surface area contributed by atoms with Gasteiger partial charge in [0.15, 0.2) is 0 Å². The van der Waals surface area contributed by atoms with E-state index < -0.39 is 5.56 Å². The molecule has 2 aromatic heterocycles. The van der Waals surface area contributed by atoms with Gasteiger partial charge in [0.1, 0.15) is 22.3 Å². The van der Waals surface area contributed by atoms with E-state index in [1.165, 1.54) is 30.6 Å². The van der Waals surface area contributed by atoms with Crippen molar-refractivity contribution in [2.24, 2.45) is 5.41 Å². The number of ether oxygens (including phenoxy) is 1. The Labute approximate surface area is 202 Å². The normalized spacial score (nSPS) is 16.1. The van der Waals surface area contributed by atoms with Crippen molar-refractivity contribution < 1.29 is 13.9 Å². The summed E-state index contributed by atoms with van der Waals surface area (Å²) in [6.07, 6.45) is 4.34. The zero-order chi connectivity index (χ0) is 24.5. The first-order valence-electron chi connectivity index (χ1n) is 11.3. The molecule has 0 saturated carbocycles. The number of nitrogens with one attached hydrogen (secondary N) is 1. The van der Waals surface area contributed by atoms with E-state index in [0.717, 1.165) is 23.3 Å². The predicted molar refractivity (Wildman–Crippen MR) is 129 cm³/mol. The van der Waals surface area contributed by atoms with Crippen LogP contribution in [0.5, 0.6) is 5.75 Å². The number of carbonyl (C=O) groups excluding carboxylic acids is 1. The van der Waals surface area contributed by atoms with Crippen molar-refractivity contribution in [2.75, 3.05) is 13.7 Å². The maximum Gasteiger partial charge on any atom is 0.294 e. The van der Waals surface area contributed by atoms with Crippen molar-refractivity contribution in [2.45, 2.75) is 52.5 Å². The first kappa shape index (κ1) is 24.1. The molecule has 0 bridgehead atoms. The minimum atomic E-state index is -0.395. The lowest BCUT2D eigenvalue weighted by molar-refractivity contribution is -0.134. The monoisotopic (exact) mass is 484 g/mol. The second-order valence-electron chi connectivity index (χ2n) is 9.75. The standard InChI is InChI=1S/C25H29FN4O3S/c1-25(2,3)13-19(31)30-11-5-6-18(30)22-28-20(21(33-4)23(32)29-22)24-27-14-17(34-24)12-15-7-9-16(26)10-8-15/h7-10,14,18H,5-6,11-13H2,1-4H3,(H,28,29,32)/t18-/m1/s1. The third-order valence-corrected chi connectivity index (χ3v) is 6.72. The second kappa shape index (κ2) is 9.66. The van der Waals surface area contributed by atoms with Gasteiger partial charge in [0, 0.05) is 30.5 Å². The number of likely N-dealkylation sites (tertiary alicyclic amines) is 1. The Morgan fingerprint density at radius 3 is 2.71 bits per heavy atom. The average Bonchev–Trinajstić information content (AvgIpc) is 3.43. The van der Waals surface area contributed by atoms with Gasteiger partial charge in [-0.3, -0.25) is 9.59 Å². The van der Waals surface area contributed by atoms with Gasteiger partial charge in [-0.1, -0.05) is 32.9 Å². The number of aromatic amines is 1. The van der Waals surface area contributed by atoms with E-state index in [1.54, 1.807) is 18.3 Å². The van der Waals surface area contributed by atoms with Crippen molar-refractivity contribution in [1.29, 1.82) is 0 Å². The number of amides is 1. The lowest BCUT2D eigenvalue weighted by Gasteiger charge is -2.27. The van der Waals surface area contributed by atoms with Crippen LogP contribution in [0.1, 0.15) is 62.3 Å². The molecule has 4 rings (SSSR count). The van der Waals surface area contributed by atoms with E-state index in [4.69, 9.17) is 9.72 Å². The number of carbonyl (C=O) groups is 1. The van der Waals surface area contributed by atoms with Crippen LogP contribution in [0.4, 0.5) is 4.39 Å². The fourth-order valence-electron chi connectivity index (χ4n) is 4.18. The quantitative estimate of drug-likeness (QED) is 0.546. The van der Waals surface area contributed by atoms with Crippen molar-refractivity contribution in [3.05, 3.63) is 62.9 Å². The molecule has 9 heteroatoms. The number of thiazole rings is 1. The number of hydrogen-bond donors (Lipinski definition) is 1. The van der Waals surface area contributed by atoms with Crippen LogP contribution in [0.25, 0.3) is 10.7 Å². The van der Waals surface area contributed by atoms with E-state index in [9.17, 15) is 14.0 Å². The Balaban J connectivity index is 1.65. The zero-order valence-corrected chi connectivity index (χ0v) is 20.7. The third kappa shape index (κ3) is 5.35. The molecule has 1 aliphatic rings. The second-order valence-corrected chi connectivity index (χ2v) is 10.9. The molecular weight excluding hydrogens is 455 g/mol. The number of halogens is 1. The van der Waals surface area contributed by atoms with Crippen molar-refractivity contribution in [1.82, 2.24) is 19.9 Å². The largest absolute Gasteiger partial charge is 0.489 e. The minimum absolute atomic E-state index is 0.0610. The molecule has 180 valence electrons. The molecule has 1 aromatic carbocycles. The van der Waals surface area contributed by atoms with Crippen LogP contribution < -0.4 is 10.3 Å². The summed E-state index contributed by atoms with van der Waals surface area (Å²) < 4.78 is 18.6. The molecule has 1 aliphatic heterocycles. The molecule has 7 nitrogen and oxygen atoms in total. The summed E-state index contributed by atoms with van der Waals surface area (Å²) in [7, 11) is 1.43. The zero-order valence-electron chi connectivity index (χ0n) is 19.9. The third-order valence-electron chi connectivity index (χ3n) is 5.72. The van der Waals surface area contributed by atoms with Gasteiger partial charge < -0.3 is 14.6 Å². The Morgan fingerprint density at radius 2 is 2.03 bits per heavy atom. The van der Waals surface area contributed by atoms with Gasteiger partial charge in [-0.15, -0.1) is 11.3 Å². The number of H-pyrrole nitrogens is 1. The number of aromatic nitrogens is 3. The highest BCUT2D eigenvalue weighted by Crippen LogP contribution is 2.35. The van der Waals surface area contributed by atoms with Crippen LogP contribution in [0.2, 0.25) is 0 Å². The summed E-state index contributed by atoms with van der Waals surface area (Å²) in [5.41, 5.74) is 0.805. The minimum Gasteiger partial charge on any atom is -0.489 e. The molecule has 3 aromatic rings. The summed E-state index contributed by atoms with van der Waals surface area (Å²) in [5.74, 6) is 0.333. The van der Waals surface area contributed by atoms with E-state index in [0.29, 0.717) is 35.9 Å². The fourth-order valence-corrected chi connectivity index (χ4v) is 5.11. The fraction of sp³-hybridized carbons (Fsp3) is 0.440. The SMILES string of the molecule is COc1c(-c2ncc(Cc3ccc(F)cc3)s2)nc([C@H]2CCCN2C(=O)CC(C)(C)C)[nH]c1=O. The van der Waals surface area contributed by atoms with Crippen molar-refractivity contribution >= 4 is 17.2 Å². The van der Waals surface area contributed by atoms with Crippen LogP contribution in [0, 0.1) is 11.2 Å². The highest BCUT2D eigenvalue weighted by Gasteiger charge is 2.34. The molecule has 3 heterocycles. The highest BCUT2D eigenvalue weighted by atomic mass is 32.1. The summed E-state index contributed by atoms with van der Waals surface area (Å²) >= 11 is 1.41. The smallest absolute Gasteiger partial charge is 0.294 e. The maximum absolute atomic E-state index is 13.2. The molecule has 0 aliphatic carbocycles. The summed E-state index contributed by atoms with van der Waals surface area (Å²) in [6.45, 7) is 6.75. The van der Waals surface area contributed by atoms with Gasteiger partial charge in [-0.25, -0.2) is 14.4 Å². The first-order valence-corrected chi connectivity index (χ1v) is 12.1. The summed E-state index contributed by atoms with van der Waals surface area (Å²) in [6, 6.07) is 6.05. The Morgan fingerprint density at radius 1 is 1.29 bits per heavy atom. The van der Waals surface area contributed by atoms with E-state index in [1.807, 2.05) is 25.7 Å². The van der Waals surface area contributed by atoms with E-state index in [2.05, 4.69) is 9.97 Å². The van der Waals surface area contributed by atoms with Gasteiger partial charge in [0.05, 0.1) is 13.2 Å². The summed E-state index contributed by atoms with van der Waals surface area (Å²) in [5, 5.41) is 0.562. The topological polar surface area (TPSA) is 88.2 Å². The number of hydrogen-bond acceptors (Lipinski definition) is 6. The molecule has 0 spiro atoms. The number of methoxy groups -OCH3 is 1. The predicted octanol–water partition coefficient (Wildman–Crippen LogP) is 4.73. The number of benzene rings is 1. The van der Waals surface area contributed by atoms with Crippen LogP contribution in [0.3, 0.4) is 0 Å². The molecule has 1 amide bonds. The van der Waals surface area contributed by atoms with Gasteiger partial charge >= 0.3 is 0 Å². The van der Waals surface area contributed by atoms with Crippen LogP contribution in [-0.4, -0.2) is 39.4 Å². The van der Waals surface area contributed by atoms with Gasteiger partial charge in [0.2, 0.25) is 11.7 Å². The van der Waals surface area contributed by atoms with Gasteiger partial charge in [-0.2, -0.15) is 0 Å². The van der Waals surface area contributed by atoms with Crippen LogP contribution >= 0.6 is 11.3 Å². The molecule has 1 saturated heterocycles. The Bertz CT molecular complexity index is 1230. The van der Waals surface area contributed by atoms with Crippen molar-refractivity contribution in [3.8, 4) is 16.5 Å². The lowest BCUT2D eigenvalue weighted by Crippen LogP contribution is -2.34. The van der Waals surface area contributed by atoms with Crippen LogP contribution in [-0.2, 0) is 11.2 Å². The van der Waals surface area contributed by atoms with E-state index in [-0.39, 0.29) is 28.9 Å². The highest BCUT2D eigenvalue weighted by molar-refractivity contribution is 7.15. The van der Waals surface area contributed by atoms with Gasteiger partial charge in [-0.05, 0) is 36.0 Å². The molecule has 1 N–H and O–H groups in total. The molecule has 34 heavy (non-hydrogen) atoms. The molecular formula is C25H29FN4O3S. The van der Waals surface area contributed by atoms with E-state index >= 15 is 0 Å². The molecule has 0 radical (unpaired) electrons. The van der Waals surface area contributed by atoms with Gasteiger partial charge in [0.25, 0.3) is 5.56 Å². The first-order chi connectivity index (χ1) is 16.1. The van der Waals surface area contributed by atoms with Crippen LogP contribution in [0.15, 0.2) is 35.3 Å². The Hall–Kier alpha value is -3.07. The van der Waals surface area contributed by atoms with Crippen molar-refractivity contribution in [3.63, 3.8) is 0 Å². The maximum atomic E-state index is 13.2. The lowest BCUT2D eigenvalue weighted by atomic mass is 9.91. The average molecular weight is 485 g/mol.